The summed E-state index contributed by atoms with van der Waals surface area (Å²) in [6.45, 7) is 4.00. The van der Waals surface area contributed by atoms with Gasteiger partial charge < -0.3 is 10.4 Å². The molecule has 2 aromatic rings. The summed E-state index contributed by atoms with van der Waals surface area (Å²) >= 11 is 0. The number of carbonyl (C=O) groups is 1. The molecule has 0 aliphatic carbocycles. The topological polar surface area (TPSA) is 49.3 Å². The number of hydrogen-bond donors (Lipinski definition) is 2. The minimum absolute atomic E-state index is 0.0707. The Labute approximate surface area is 124 Å². The van der Waals surface area contributed by atoms with Gasteiger partial charge >= 0.3 is 0 Å². The molecule has 2 N–H and O–H groups in total. The monoisotopic (exact) mass is 281 g/mol. The number of benzene rings is 2. The molecular formula is C18H19NO2. The number of hydrogen-bond acceptors (Lipinski definition) is 2. The predicted octanol–water partition coefficient (Wildman–Crippen LogP) is 3.27. The van der Waals surface area contributed by atoms with Gasteiger partial charge in [0.2, 0.25) is 5.91 Å². The third-order valence-corrected chi connectivity index (χ3v) is 4.32. The van der Waals surface area contributed by atoms with E-state index in [1.165, 1.54) is 0 Å². The first-order chi connectivity index (χ1) is 10.1. The summed E-state index contributed by atoms with van der Waals surface area (Å²) in [5.74, 6) is 0.0707. The molecule has 3 nitrogen and oxygen atoms in total. The maximum Gasteiger partial charge on any atom is 0.224 e. The Hall–Kier alpha value is -2.13. The van der Waals surface area contributed by atoms with E-state index < -0.39 is 6.10 Å². The minimum Gasteiger partial charge on any atom is -0.384 e. The number of amides is 1. The van der Waals surface area contributed by atoms with Crippen LogP contribution in [0.3, 0.4) is 0 Å². The molecule has 0 spiro atoms. The molecule has 108 valence electrons. The Morgan fingerprint density at radius 1 is 1.10 bits per heavy atom. The van der Waals surface area contributed by atoms with Gasteiger partial charge in [-0.15, -0.1) is 0 Å². The number of carbonyl (C=O) groups excluding carboxylic acids is 1. The van der Waals surface area contributed by atoms with Crippen LogP contribution in [0.5, 0.6) is 0 Å². The van der Waals surface area contributed by atoms with Crippen LogP contribution in [0.1, 0.15) is 40.3 Å². The van der Waals surface area contributed by atoms with E-state index in [9.17, 15) is 9.90 Å². The molecule has 0 radical (unpaired) electrons. The van der Waals surface area contributed by atoms with Crippen LogP contribution < -0.4 is 5.32 Å². The zero-order chi connectivity index (χ0) is 15.0. The molecule has 1 heterocycles. The number of anilines is 1. The van der Waals surface area contributed by atoms with Crippen LogP contribution >= 0.6 is 0 Å². The van der Waals surface area contributed by atoms with Gasteiger partial charge in [-0.05, 0) is 48.1 Å². The van der Waals surface area contributed by atoms with Gasteiger partial charge in [-0.25, -0.2) is 0 Å². The smallest absolute Gasteiger partial charge is 0.224 e. The highest BCUT2D eigenvalue weighted by atomic mass is 16.3. The van der Waals surface area contributed by atoms with Gasteiger partial charge in [0, 0.05) is 12.1 Å². The first kappa shape index (κ1) is 13.8. The quantitative estimate of drug-likeness (QED) is 0.887. The van der Waals surface area contributed by atoms with Gasteiger partial charge in [0.25, 0.3) is 0 Å². The Morgan fingerprint density at radius 3 is 2.52 bits per heavy atom. The molecule has 0 bridgehead atoms. The lowest BCUT2D eigenvalue weighted by atomic mass is 9.88. The van der Waals surface area contributed by atoms with E-state index in [1.807, 2.05) is 50.2 Å². The first-order valence-corrected chi connectivity index (χ1v) is 7.23. The SMILES string of the molecule is Cc1c(C(O)c2ccccc2)cc2c(c1C)NC(=O)CC2. The van der Waals surface area contributed by atoms with Crippen molar-refractivity contribution in [3.05, 3.63) is 64.2 Å². The van der Waals surface area contributed by atoms with Crippen molar-refractivity contribution in [2.24, 2.45) is 0 Å². The van der Waals surface area contributed by atoms with Crippen molar-refractivity contribution in [2.75, 3.05) is 5.32 Å². The Kier molecular flexibility index (Phi) is 3.52. The van der Waals surface area contributed by atoms with Gasteiger partial charge in [0.05, 0.1) is 0 Å². The van der Waals surface area contributed by atoms with Crippen molar-refractivity contribution in [3.63, 3.8) is 0 Å². The van der Waals surface area contributed by atoms with E-state index >= 15 is 0 Å². The van der Waals surface area contributed by atoms with E-state index in [4.69, 9.17) is 0 Å². The second-order valence-corrected chi connectivity index (χ2v) is 5.61. The average molecular weight is 281 g/mol. The molecule has 0 aromatic heterocycles. The molecule has 1 aliphatic heterocycles. The number of fused-ring (bicyclic) bond motifs is 1. The molecular weight excluding hydrogens is 262 g/mol. The third-order valence-electron chi connectivity index (χ3n) is 4.32. The number of aliphatic hydroxyl groups excluding tert-OH is 1. The van der Waals surface area contributed by atoms with Gasteiger partial charge in [-0.1, -0.05) is 36.4 Å². The first-order valence-electron chi connectivity index (χ1n) is 7.23. The normalized spacial score (nSPS) is 15.3. The lowest BCUT2D eigenvalue weighted by Crippen LogP contribution is -2.21. The van der Waals surface area contributed by atoms with E-state index in [0.717, 1.165) is 39.9 Å². The molecule has 1 amide bonds. The van der Waals surface area contributed by atoms with Crippen LogP contribution in [0, 0.1) is 13.8 Å². The van der Waals surface area contributed by atoms with Gasteiger partial charge in [-0.2, -0.15) is 0 Å². The molecule has 1 unspecified atom stereocenters. The molecule has 1 aliphatic rings. The molecule has 1 atom stereocenters. The number of rotatable bonds is 2. The van der Waals surface area contributed by atoms with Crippen LogP contribution in [-0.4, -0.2) is 11.0 Å². The van der Waals surface area contributed by atoms with E-state index in [-0.39, 0.29) is 5.91 Å². The Morgan fingerprint density at radius 2 is 1.81 bits per heavy atom. The summed E-state index contributed by atoms with van der Waals surface area (Å²) in [7, 11) is 0. The molecule has 0 saturated heterocycles. The fraction of sp³-hybridized carbons (Fsp3) is 0.278. The molecule has 0 saturated carbocycles. The molecule has 2 aromatic carbocycles. The number of aliphatic hydroxyl groups is 1. The number of nitrogens with one attached hydrogen (secondary N) is 1. The number of aryl methyl sites for hydroxylation is 1. The van der Waals surface area contributed by atoms with Crippen molar-refractivity contribution < 1.29 is 9.90 Å². The van der Waals surface area contributed by atoms with Crippen molar-refractivity contribution >= 4 is 11.6 Å². The largest absolute Gasteiger partial charge is 0.384 e. The van der Waals surface area contributed by atoms with Gasteiger partial charge in [0.1, 0.15) is 6.10 Å². The van der Waals surface area contributed by atoms with Crippen LogP contribution in [0.15, 0.2) is 36.4 Å². The summed E-state index contributed by atoms with van der Waals surface area (Å²) in [4.78, 5) is 11.6. The Bertz CT molecular complexity index is 692. The molecule has 21 heavy (non-hydrogen) atoms. The second kappa shape index (κ2) is 5.34. The average Bonchev–Trinajstić information content (AvgIpc) is 2.51. The second-order valence-electron chi connectivity index (χ2n) is 5.61. The lowest BCUT2D eigenvalue weighted by molar-refractivity contribution is -0.116. The maximum atomic E-state index is 11.6. The van der Waals surface area contributed by atoms with Crippen molar-refractivity contribution in [3.8, 4) is 0 Å². The highest BCUT2D eigenvalue weighted by Crippen LogP contribution is 2.35. The van der Waals surface area contributed by atoms with Gasteiger partial charge in [-0.3, -0.25) is 4.79 Å². The van der Waals surface area contributed by atoms with E-state index in [1.54, 1.807) is 0 Å². The molecule has 3 heteroatoms. The van der Waals surface area contributed by atoms with Crippen molar-refractivity contribution in [1.29, 1.82) is 0 Å². The van der Waals surface area contributed by atoms with Crippen molar-refractivity contribution in [1.82, 2.24) is 0 Å². The van der Waals surface area contributed by atoms with Crippen LogP contribution in [0.25, 0.3) is 0 Å². The predicted molar refractivity (Wildman–Crippen MR) is 83.4 cm³/mol. The molecule has 3 rings (SSSR count). The van der Waals surface area contributed by atoms with Gasteiger partial charge in [0.15, 0.2) is 0 Å². The zero-order valence-electron chi connectivity index (χ0n) is 12.3. The highest BCUT2D eigenvalue weighted by molar-refractivity contribution is 5.95. The fourth-order valence-corrected chi connectivity index (χ4v) is 2.93. The van der Waals surface area contributed by atoms with Crippen LogP contribution in [0.2, 0.25) is 0 Å². The van der Waals surface area contributed by atoms with E-state index in [2.05, 4.69) is 5.32 Å². The summed E-state index contributed by atoms with van der Waals surface area (Å²) < 4.78 is 0. The third kappa shape index (κ3) is 2.45. The zero-order valence-corrected chi connectivity index (χ0v) is 12.3. The lowest BCUT2D eigenvalue weighted by Gasteiger charge is -2.24. The summed E-state index contributed by atoms with van der Waals surface area (Å²) in [5, 5.41) is 13.6. The Balaban J connectivity index is 2.08. The summed E-state index contributed by atoms with van der Waals surface area (Å²) in [5.41, 5.74) is 5.93. The van der Waals surface area contributed by atoms with E-state index in [0.29, 0.717) is 6.42 Å². The summed E-state index contributed by atoms with van der Waals surface area (Å²) in [6.07, 6.45) is 0.612. The maximum absolute atomic E-state index is 11.6. The van der Waals surface area contributed by atoms with Crippen molar-refractivity contribution in [2.45, 2.75) is 32.8 Å². The fourth-order valence-electron chi connectivity index (χ4n) is 2.93. The van der Waals surface area contributed by atoms with Crippen LogP contribution in [-0.2, 0) is 11.2 Å². The molecule has 0 fully saturated rings. The minimum atomic E-state index is -0.632. The van der Waals surface area contributed by atoms with Crippen LogP contribution in [0.4, 0.5) is 5.69 Å². The highest BCUT2D eigenvalue weighted by Gasteiger charge is 2.22. The summed E-state index contributed by atoms with van der Waals surface area (Å²) in [6, 6.07) is 11.7. The standard InChI is InChI=1S/C18H19NO2/c1-11-12(2)17-14(8-9-16(20)19-17)10-15(11)18(21)13-6-4-3-5-7-13/h3-7,10,18,21H,8-9H2,1-2H3,(H,19,20).